The molecule has 3 rings (SSSR count). The molecule has 0 fully saturated rings. The lowest BCUT2D eigenvalue weighted by Crippen LogP contribution is -2.02. The normalized spacial score (nSPS) is 10.2. The average Bonchev–Trinajstić information content (AvgIpc) is 3.08. The van der Waals surface area contributed by atoms with Crippen LogP contribution in [0.5, 0.6) is 0 Å². The van der Waals surface area contributed by atoms with Crippen molar-refractivity contribution >= 4 is 21.6 Å². The number of anilines is 1. The van der Waals surface area contributed by atoms with Crippen LogP contribution in [-0.4, -0.2) is 14.5 Å². The van der Waals surface area contributed by atoms with Crippen molar-refractivity contribution in [3.63, 3.8) is 0 Å². The Morgan fingerprint density at radius 2 is 2.18 bits per heavy atom. The highest BCUT2D eigenvalue weighted by Gasteiger charge is 2.02. The number of hydrogen-bond donors (Lipinski definition) is 1. The molecular formula is C16H12BrN5. The summed E-state index contributed by atoms with van der Waals surface area (Å²) in [4.78, 5) is 8.41. The molecule has 0 aliphatic carbocycles. The number of pyridine rings is 1. The second-order valence-electron chi connectivity index (χ2n) is 4.65. The van der Waals surface area contributed by atoms with E-state index in [4.69, 9.17) is 5.26 Å². The van der Waals surface area contributed by atoms with E-state index in [-0.39, 0.29) is 0 Å². The zero-order valence-electron chi connectivity index (χ0n) is 11.6. The summed E-state index contributed by atoms with van der Waals surface area (Å²) in [5, 5.41) is 12.2. The SMILES string of the molecule is N#Cc1ccc(NCc2ccc(-n3ccnc3)nc2)c(Br)c1. The van der Waals surface area contributed by atoms with E-state index < -0.39 is 0 Å². The third kappa shape index (κ3) is 3.15. The number of benzene rings is 1. The van der Waals surface area contributed by atoms with E-state index in [9.17, 15) is 0 Å². The maximum Gasteiger partial charge on any atom is 0.137 e. The number of rotatable bonds is 4. The molecule has 0 bridgehead atoms. The van der Waals surface area contributed by atoms with Gasteiger partial charge in [-0.1, -0.05) is 6.07 Å². The van der Waals surface area contributed by atoms with Gasteiger partial charge in [-0.25, -0.2) is 9.97 Å². The fourth-order valence-corrected chi connectivity index (χ4v) is 2.51. The van der Waals surface area contributed by atoms with E-state index in [1.165, 1.54) is 0 Å². The second-order valence-corrected chi connectivity index (χ2v) is 5.51. The van der Waals surface area contributed by atoms with Crippen LogP contribution in [0, 0.1) is 11.3 Å². The zero-order chi connectivity index (χ0) is 15.4. The molecule has 1 N–H and O–H groups in total. The van der Waals surface area contributed by atoms with E-state index in [2.05, 4.69) is 37.3 Å². The molecule has 0 aliphatic rings. The summed E-state index contributed by atoms with van der Waals surface area (Å²) in [6, 6.07) is 11.5. The third-order valence-electron chi connectivity index (χ3n) is 3.16. The monoisotopic (exact) mass is 353 g/mol. The molecule has 2 aromatic heterocycles. The quantitative estimate of drug-likeness (QED) is 0.779. The van der Waals surface area contributed by atoms with Crippen molar-refractivity contribution in [1.29, 1.82) is 5.26 Å². The third-order valence-corrected chi connectivity index (χ3v) is 3.82. The predicted molar refractivity (Wildman–Crippen MR) is 87.5 cm³/mol. The molecule has 6 heteroatoms. The van der Waals surface area contributed by atoms with Gasteiger partial charge in [-0.3, -0.25) is 4.57 Å². The molecule has 2 heterocycles. The fourth-order valence-electron chi connectivity index (χ4n) is 1.99. The summed E-state index contributed by atoms with van der Waals surface area (Å²) in [5.74, 6) is 0.834. The van der Waals surface area contributed by atoms with Crippen molar-refractivity contribution in [2.24, 2.45) is 0 Å². The van der Waals surface area contributed by atoms with Crippen molar-refractivity contribution in [3.05, 3.63) is 70.8 Å². The van der Waals surface area contributed by atoms with Gasteiger partial charge in [0.15, 0.2) is 0 Å². The molecule has 3 aromatic rings. The number of imidazole rings is 1. The Labute approximate surface area is 136 Å². The van der Waals surface area contributed by atoms with E-state index >= 15 is 0 Å². The van der Waals surface area contributed by atoms with Gasteiger partial charge in [-0.05, 0) is 45.8 Å². The first-order chi connectivity index (χ1) is 10.8. The Balaban J connectivity index is 1.68. The van der Waals surface area contributed by atoms with Gasteiger partial charge < -0.3 is 5.32 Å². The molecule has 0 saturated heterocycles. The van der Waals surface area contributed by atoms with Crippen LogP contribution in [0.3, 0.4) is 0 Å². The maximum absolute atomic E-state index is 8.86. The van der Waals surface area contributed by atoms with Crippen LogP contribution in [0.1, 0.15) is 11.1 Å². The fraction of sp³-hybridized carbons (Fsp3) is 0.0625. The van der Waals surface area contributed by atoms with Crippen molar-refractivity contribution in [3.8, 4) is 11.9 Å². The first kappa shape index (κ1) is 14.3. The molecule has 22 heavy (non-hydrogen) atoms. The molecule has 0 atom stereocenters. The number of nitrogens with zero attached hydrogens (tertiary/aromatic N) is 4. The minimum absolute atomic E-state index is 0.628. The molecule has 0 aliphatic heterocycles. The van der Waals surface area contributed by atoms with Gasteiger partial charge in [0.25, 0.3) is 0 Å². The van der Waals surface area contributed by atoms with Crippen LogP contribution in [0.25, 0.3) is 5.82 Å². The molecule has 1 aromatic carbocycles. The topological polar surface area (TPSA) is 66.5 Å². The minimum Gasteiger partial charge on any atom is -0.380 e. The first-order valence-corrected chi connectivity index (χ1v) is 7.42. The van der Waals surface area contributed by atoms with Crippen molar-refractivity contribution in [1.82, 2.24) is 14.5 Å². The number of nitrogens with one attached hydrogen (secondary N) is 1. The Morgan fingerprint density at radius 3 is 2.82 bits per heavy atom. The average molecular weight is 354 g/mol. The summed E-state index contributed by atoms with van der Waals surface area (Å²) in [5.41, 5.74) is 2.64. The Bertz CT molecular complexity index is 804. The van der Waals surface area contributed by atoms with E-state index in [1.54, 1.807) is 24.7 Å². The van der Waals surface area contributed by atoms with Crippen LogP contribution in [0.4, 0.5) is 5.69 Å². The van der Waals surface area contributed by atoms with Gasteiger partial charge in [0.2, 0.25) is 0 Å². The zero-order valence-corrected chi connectivity index (χ0v) is 13.2. The standard InChI is InChI=1S/C16H12BrN5/c17-14-7-12(8-18)1-3-15(14)20-9-13-2-4-16(21-10-13)22-6-5-19-11-22/h1-7,10-11,20H,9H2. The van der Waals surface area contributed by atoms with Crippen LogP contribution < -0.4 is 5.32 Å². The molecule has 0 radical (unpaired) electrons. The van der Waals surface area contributed by atoms with E-state index in [0.717, 1.165) is 21.5 Å². The molecule has 0 spiro atoms. The van der Waals surface area contributed by atoms with Crippen LogP contribution in [0.15, 0.2) is 59.7 Å². The van der Waals surface area contributed by atoms with Crippen LogP contribution in [-0.2, 0) is 6.54 Å². The lowest BCUT2D eigenvalue weighted by Gasteiger charge is -2.09. The molecule has 0 unspecified atom stereocenters. The minimum atomic E-state index is 0.628. The summed E-state index contributed by atoms with van der Waals surface area (Å²) in [6.07, 6.45) is 7.13. The Kier molecular flexibility index (Phi) is 4.17. The Hall–Kier alpha value is -2.65. The van der Waals surface area contributed by atoms with Crippen LogP contribution >= 0.6 is 15.9 Å². The highest BCUT2D eigenvalue weighted by Crippen LogP contribution is 2.24. The van der Waals surface area contributed by atoms with Gasteiger partial charge in [-0.15, -0.1) is 0 Å². The number of nitriles is 1. The van der Waals surface area contributed by atoms with Crippen molar-refractivity contribution < 1.29 is 0 Å². The van der Waals surface area contributed by atoms with Gasteiger partial charge in [0.1, 0.15) is 12.1 Å². The smallest absolute Gasteiger partial charge is 0.137 e. The molecule has 5 nitrogen and oxygen atoms in total. The highest BCUT2D eigenvalue weighted by atomic mass is 79.9. The summed E-state index contributed by atoms with van der Waals surface area (Å²) in [6.45, 7) is 0.654. The van der Waals surface area contributed by atoms with Gasteiger partial charge >= 0.3 is 0 Å². The summed E-state index contributed by atoms with van der Waals surface area (Å²) < 4.78 is 2.73. The summed E-state index contributed by atoms with van der Waals surface area (Å²) in [7, 11) is 0. The van der Waals surface area contributed by atoms with E-state index in [1.807, 2.05) is 35.2 Å². The molecule has 0 saturated carbocycles. The van der Waals surface area contributed by atoms with Crippen LogP contribution in [0.2, 0.25) is 0 Å². The lowest BCUT2D eigenvalue weighted by molar-refractivity contribution is 0.978. The lowest BCUT2D eigenvalue weighted by atomic mass is 10.2. The first-order valence-electron chi connectivity index (χ1n) is 6.63. The number of halogens is 1. The van der Waals surface area contributed by atoms with Crippen molar-refractivity contribution in [2.75, 3.05) is 5.32 Å². The second kappa shape index (κ2) is 6.41. The maximum atomic E-state index is 8.86. The predicted octanol–water partition coefficient (Wildman–Crippen LogP) is 3.51. The Morgan fingerprint density at radius 1 is 1.27 bits per heavy atom. The van der Waals surface area contributed by atoms with E-state index in [0.29, 0.717) is 12.1 Å². The molecule has 0 amide bonds. The highest BCUT2D eigenvalue weighted by molar-refractivity contribution is 9.10. The molecule has 108 valence electrons. The van der Waals surface area contributed by atoms with Gasteiger partial charge in [0.05, 0.1) is 11.6 Å². The molecular weight excluding hydrogens is 342 g/mol. The van der Waals surface area contributed by atoms with Gasteiger partial charge in [0, 0.05) is 35.3 Å². The van der Waals surface area contributed by atoms with Gasteiger partial charge in [-0.2, -0.15) is 5.26 Å². The number of hydrogen-bond acceptors (Lipinski definition) is 4. The largest absolute Gasteiger partial charge is 0.380 e. The summed E-state index contributed by atoms with van der Waals surface area (Å²) >= 11 is 3.46. The number of aromatic nitrogens is 3. The van der Waals surface area contributed by atoms with Crippen molar-refractivity contribution in [2.45, 2.75) is 6.54 Å².